The Hall–Kier alpha value is -2.18. The van der Waals surface area contributed by atoms with E-state index in [0.29, 0.717) is 29.2 Å². The van der Waals surface area contributed by atoms with Crippen LogP contribution in [0.1, 0.15) is 59.3 Å². The third-order valence-electron chi connectivity index (χ3n) is 4.87. The van der Waals surface area contributed by atoms with Crippen LogP contribution in [0.2, 0.25) is 5.02 Å². The van der Waals surface area contributed by atoms with Crippen LogP contribution in [0.3, 0.4) is 0 Å². The number of carbonyl (C=O) groups excluding carboxylic acids is 2. The van der Waals surface area contributed by atoms with E-state index in [1.165, 1.54) is 0 Å². The van der Waals surface area contributed by atoms with Crippen LogP contribution in [0.25, 0.3) is 11.0 Å². The molecule has 152 valence electrons. The predicted molar refractivity (Wildman–Crippen MR) is 120 cm³/mol. The number of carbonyl (C=O) groups is 2. The molecular weight excluding hydrogens is 454 g/mol. The summed E-state index contributed by atoms with van der Waals surface area (Å²) in [5.74, 6) is -0.695. The van der Waals surface area contributed by atoms with E-state index in [2.05, 4.69) is 27.8 Å². The van der Waals surface area contributed by atoms with E-state index in [-0.39, 0.29) is 17.4 Å². The van der Waals surface area contributed by atoms with E-state index in [1.807, 2.05) is 36.6 Å². The van der Waals surface area contributed by atoms with Gasteiger partial charge in [0.2, 0.25) is 0 Å². The topological polar surface area (TPSA) is 78.0 Å². The zero-order chi connectivity index (χ0) is 21.3. The second-order valence-electron chi connectivity index (χ2n) is 7.34. The van der Waals surface area contributed by atoms with E-state index in [4.69, 9.17) is 17.3 Å². The Morgan fingerprint density at radius 1 is 1.24 bits per heavy atom. The molecule has 0 saturated carbocycles. The number of amides is 1. The summed E-state index contributed by atoms with van der Waals surface area (Å²) in [5, 5.41) is 1.36. The first-order chi connectivity index (χ1) is 13.7. The molecule has 0 fully saturated rings. The van der Waals surface area contributed by atoms with Gasteiger partial charge in [-0.15, -0.1) is 0 Å². The maximum atomic E-state index is 13.1. The van der Waals surface area contributed by atoms with Crippen molar-refractivity contribution in [2.75, 3.05) is 0 Å². The quantitative estimate of drug-likeness (QED) is 0.464. The SMILES string of the molecule is CCCc1c(C(=O)C(C)C)c2ccc(C(N)=O)nc2n1Cc1ccc(Br)cc1Cl. The molecule has 7 heteroatoms. The van der Waals surface area contributed by atoms with Crippen molar-refractivity contribution in [1.29, 1.82) is 0 Å². The van der Waals surface area contributed by atoms with Crippen molar-refractivity contribution in [3.05, 3.63) is 62.3 Å². The lowest BCUT2D eigenvalue weighted by Gasteiger charge is -2.13. The average molecular weight is 477 g/mol. The minimum atomic E-state index is -0.602. The van der Waals surface area contributed by atoms with Crippen LogP contribution in [0, 0.1) is 5.92 Å². The van der Waals surface area contributed by atoms with Gasteiger partial charge in [-0.25, -0.2) is 4.98 Å². The first kappa shape index (κ1) is 21.5. The number of hydrogen-bond acceptors (Lipinski definition) is 3. The van der Waals surface area contributed by atoms with Gasteiger partial charge >= 0.3 is 0 Å². The third kappa shape index (κ3) is 4.23. The number of pyridine rings is 1. The molecule has 5 nitrogen and oxygen atoms in total. The number of hydrogen-bond donors (Lipinski definition) is 1. The molecule has 0 radical (unpaired) electrons. The number of fused-ring (bicyclic) bond motifs is 1. The number of aromatic nitrogens is 2. The fourth-order valence-electron chi connectivity index (χ4n) is 3.46. The standard InChI is InChI=1S/C22H23BrClN3O2/c1-4-5-18-19(20(28)12(2)3)15-8-9-17(21(25)29)26-22(15)27(18)11-13-6-7-14(23)10-16(13)24/h6-10,12H,4-5,11H2,1-3H3,(H2,25,29). The second kappa shape index (κ2) is 8.67. The van der Waals surface area contributed by atoms with Gasteiger partial charge in [0.25, 0.3) is 5.91 Å². The molecule has 0 aliphatic heterocycles. The summed E-state index contributed by atoms with van der Waals surface area (Å²) in [4.78, 5) is 29.3. The number of nitrogens with two attached hydrogens (primary N) is 1. The molecule has 0 unspecified atom stereocenters. The maximum absolute atomic E-state index is 13.1. The Morgan fingerprint density at radius 3 is 2.55 bits per heavy atom. The molecular formula is C22H23BrClN3O2. The van der Waals surface area contributed by atoms with Crippen molar-refractivity contribution in [3.8, 4) is 0 Å². The molecule has 2 aromatic heterocycles. The highest BCUT2D eigenvalue weighted by Gasteiger charge is 2.25. The number of primary amides is 1. The summed E-state index contributed by atoms with van der Waals surface area (Å²) in [7, 11) is 0. The summed E-state index contributed by atoms with van der Waals surface area (Å²) in [5.41, 5.74) is 8.69. The van der Waals surface area contributed by atoms with Crippen LogP contribution < -0.4 is 5.73 Å². The van der Waals surface area contributed by atoms with Crippen molar-refractivity contribution in [3.63, 3.8) is 0 Å². The maximum Gasteiger partial charge on any atom is 0.267 e. The highest BCUT2D eigenvalue weighted by Crippen LogP contribution is 2.31. The average Bonchev–Trinajstić information content (AvgIpc) is 2.96. The van der Waals surface area contributed by atoms with Gasteiger partial charge in [0.1, 0.15) is 11.3 Å². The Labute approximate surface area is 183 Å². The first-order valence-electron chi connectivity index (χ1n) is 9.54. The van der Waals surface area contributed by atoms with Crippen LogP contribution in [0.5, 0.6) is 0 Å². The van der Waals surface area contributed by atoms with Crippen molar-refractivity contribution >= 4 is 50.3 Å². The van der Waals surface area contributed by atoms with Crippen LogP contribution in [-0.4, -0.2) is 21.2 Å². The Kier molecular flexibility index (Phi) is 6.44. The molecule has 0 atom stereocenters. The monoisotopic (exact) mass is 475 g/mol. The number of rotatable bonds is 7. The van der Waals surface area contributed by atoms with E-state index >= 15 is 0 Å². The Bertz CT molecular complexity index is 1110. The highest BCUT2D eigenvalue weighted by molar-refractivity contribution is 9.10. The number of ketones is 1. The second-order valence-corrected chi connectivity index (χ2v) is 8.67. The minimum Gasteiger partial charge on any atom is -0.364 e. The van der Waals surface area contributed by atoms with Crippen molar-refractivity contribution < 1.29 is 9.59 Å². The fraction of sp³-hybridized carbons (Fsp3) is 0.318. The molecule has 2 N–H and O–H groups in total. The largest absolute Gasteiger partial charge is 0.364 e. The fourth-order valence-corrected chi connectivity index (χ4v) is 4.19. The molecule has 0 bridgehead atoms. The zero-order valence-electron chi connectivity index (χ0n) is 16.6. The lowest BCUT2D eigenvalue weighted by Crippen LogP contribution is -2.14. The molecule has 3 aromatic rings. The Morgan fingerprint density at radius 2 is 1.97 bits per heavy atom. The number of halogens is 2. The molecule has 0 spiro atoms. The third-order valence-corrected chi connectivity index (χ3v) is 5.71. The van der Waals surface area contributed by atoms with E-state index in [1.54, 1.807) is 12.1 Å². The Balaban J connectivity index is 2.32. The molecule has 29 heavy (non-hydrogen) atoms. The number of benzene rings is 1. The molecule has 0 aliphatic rings. The van der Waals surface area contributed by atoms with Crippen molar-refractivity contribution in [1.82, 2.24) is 9.55 Å². The van der Waals surface area contributed by atoms with Gasteiger partial charge in [-0.2, -0.15) is 0 Å². The summed E-state index contributed by atoms with van der Waals surface area (Å²) in [6, 6.07) is 9.06. The van der Waals surface area contributed by atoms with Crippen molar-refractivity contribution in [2.24, 2.45) is 11.7 Å². The van der Waals surface area contributed by atoms with Crippen molar-refractivity contribution in [2.45, 2.75) is 40.2 Å². The minimum absolute atomic E-state index is 0.0627. The summed E-state index contributed by atoms with van der Waals surface area (Å²) < 4.78 is 2.89. The van der Waals surface area contributed by atoms with Gasteiger partial charge in [0.05, 0.1) is 6.54 Å². The first-order valence-corrected chi connectivity index (χ1v) is 10.7. The van der Waals surface area contributed by atoms with E-state index in [0.717, 1.165) is 27.5 Å². The van der Waals surface area contributed by atoms with Crippen LogP contribution in [0.4, 0.5) is 0 Å². The lowest BCUT2D eigenvalue weighted by molar-refractivity contribution is 0.0939. The van der Waals surface area contributed by atoms with Gasteiger partial charge < -0.3 is 10.3 Å². The summed E-state index contributed by atoms with van der Waals surface area (Å²) >= 11 is 9.88. The van der Waals surface area contributed by atoms with Crippen LogP contribution in [0.15, 0.2) is 34.8 Å². The molecule has 2 heterocycles. The molecule has 0 aliphatic carbocycles. The van der Waals surface area contributed by atoms with E-state index in [9.17, 15) is 9.59 Å². The molecule has 3 rings (SSSR count). The van der Waals surface area contributed by atoms with Crippen LogP contribution in [-0.2, 0) is 13.0 Å². The van der Waals surface area contributed by atoms with Gasteiger partial charge in [0.15, 0.2) is 5.78 Å². The number of Topliss-reactive ketones (excluding diaryl/α,β-unsaturated/α-hetero) is 1. The molecule has 1 aromatic carbocycles. The van der Waals surface area contributed by atoms with Gasteiger partial charge in [-0.05, 0) is 36.2 Å². The normalized spacial score (nSPS) is 11.4. The van der Waals surface area contributed by atoms with Gasteiger partial charge in [-0.1, -0.05) is 60.8 Å². The lowest BCUT2D eigenvalue weighted by atomic mass is 9.97. The smallest absolute Gasteiger partial charge is 0.267 e. The molecule has 0 saturated heterocycles. The van der Waals surface area contributed by atoms with Gasteiger partial charge in [0, 0.05) is 32.1 Å². The van der Waals surface area contributed by atoms with Crippen LogP contribution >= 0.6 is 27.5 Å². The van der Waals surface area contributed by atoms with Gasteiger partial charge in [-0.3, -0.25) is 9.59 Å². The summed E-state index contributed by atoms with van der Waals surface area (Å²) in [6.07, 6.45) is 1.58. The summed E-state index contributed by atoms with van der Waals surface area (Å²) in [6.45, 7) is 6.29. The van der Waals surface area contributed by atoms with E-state index < -0.39 is 5.91 Å². The zero-order valence-corrected chi connectivity index (χ0v) is 19.0. The number of nitrogens with zero attached hydrogens (tertiary/aromatic N) is 2. The molecule has 1 amide bonds. The highest BCUT2D eigenvalue weighted by atomic mass is 79.9. The predicted octanol–water partition coefficient (Wildman–Crippen LogP) is 5.39.